The summed E-state index contributed by atoms with van der Waals surface area (Å²) in [5, 5.41) is 7.30. The minimum absolute atomic E-state index is 0.521. The average molecular weight is 147 g/mol. The molecule has 0 aliphatic carbocycles. The van der Waals surface area contributed by atoms with Gasteiger partial charge in [0.2, 0.25) is 12.3 Å². The van der Waals surface area contributed by atoms with Crippen molar-refractivity contribution in [2.75, 3.05) is 0 Å². The Morgan fingerprint density at radius 3 is 2.64 bits per heavy atom. The van der Waals surface area contributed by atoms with Crippen LogP contribution < -0.4 is 0 Å². The molecule has 2 aromatic rings. The molecule has 0 saturated carbocycles. The Kier molecular flexibility index (Phi) is 1.37. The Balaban J connectivity index is 2.46. The molecule has 2 aromatic heterocycles. The predicted molar refractivity (Wildman–Crippen MR) is 37.5 cm³/mol. The number of hydrogen-bond acceptors (Lipinski definition) is 4. The van der Waals surface area contributed by atoms with Crippen LogP contribution in [-0.2, 0) is 0 Å². The molecule has 0 bridgehead atoms. The van der Waals surface area contributed by atoms with Gasteiger partial charge >= 0.3 is 0 Å². The molecule has 0 saturated heterocycles. The third-order valence-electron chi connectivity index (χ3n) is 1.29. The molecular weight excluding hydrogens is 142 g/mol. The summed E-state index contributed by atoms with van der Waals surface area (Å²) in [5.74, 6) is 0.521. The van der Waals surface area contributed by atoms with Gasteiger partial charge in [-0.25, -0.2) is 0 Å². The van der Waals surface area contributed by atoms with Gasteiger partial charge in [0, 0.05) is 18.0 Å². The van der Waals surface area contributed by atoms with E-state index in [9.17, 15) is 0 Å². The van der Waals surface area contributed by atoms with Gasteiger partial charge in [-0.2, -0.15) is 0 Å². The zero-order chi connectivity index (χ0) is 7.52. The van der Waals surface area contributed by atoms with Crippen LogP contribution in [0.5, 0.6) is 0 Å². The molecule has 0 unspecified atom stereocenters. The van der Waals surface area contributed by atoms with Gasteiger partial charge in [0.25, 0.3) is 0 Å². The maximum absolute atomic E-state index is 4.97. The van der Waals surface area contributed by atoms with Gasteiger partial charge in [0.15, 0.2) is 0 Å². The van der Waals surface area contributed by atoms with Crippen molar-refractivity contribution in [3.05, 3.63) is 30.9 Å². The lowest BCUT2D eigenvalue weighted by Crippen LogP contribution is -1.77. The van der Waals surface area contributed by atoms with Crippen molar-refractivity contribution in [3.8, 4) is 11.5 Å². The van der Waals surface area contributed by atoms with Crippen molar-refractivity contribution >= 4 is 0 Å². The first kappa shape index (κ1) is 6.03. The van der Waals surface area contributed by atoms with Crippen molar-refractivity contribution in [3.63, 3.8) is 0 Å². The zero-order valence-electron chi connectivity index (χ0n) is 5.64. The fraction of sp³-hybridized carbons (Fsp3) is 0. The lowest BCUT2D eigenvalue weighted by atomic mass is 10.3. The predicted octanol–water partition coefficient (Wildman–Crippen LogP) is 1.13. The number of rotatable bonds is 1. The Bertz CT molecular complexity index is 317. The summed E-state index contributed by atoms with van der Waals surface area (Å²) in [6.45, 7) is 0. The van der Waals surface area contributed by atoms with Gasteiger partial charge < -0.3 is 4.42 Å². The Labute approximate surface area is 62.9 Å². The van der Waals surface area contributed by atoms with E-state index < -0.39 is 0 Å². The van der Waals surface area contributed by atoms with Crippen LogP contribution in [0.2, 0.25) is 0 Å². The van der Waals surface area contributed by atoms with Crippen molar-refractivity contribution in [2.24, 2.45) is 0 Å². The highest BCUT2D eigenvalue weighted by Gasteiger charge is 1.99. The molecule has 0 aromatic carbocycles. The third-order valence-corrected chi connectivity index (χ3v) is 1.29. The van der Waals surface area contributed by atoms with E-state index in [-0.39, 0.29) is 0 Å². The van der Waals surface area contributed by atoms with Crippen LogP contribution in [-0.4, -0.2) is 15.2 Å². The summed E-state index contributed by atoms with van der Waals surface area (Å²) >= 11 is 0. The second kappa shape index (κ2) is 2.49. The second-order valence-electron chi connectivity index (χ2n) is 1.98. The summed E-state index contributed by atoms with van der Waals surface area (Å²) in [4.78, 5) is 3.87. The topological polar surface area (TPSA) is 51.8 Å². The maximum atomic E-state index is 4.97. The monoisotopic (exact) mass is 147 g/mol. The van der Waals surface area contributed by atoms with Gasteiger partial charge in [-0.15, -0.1) is 10.2 Å². The van der Waals surface area contributed by atoms with E-state index in [1.165, 1.54) is 6.39 Å². The van der Waals surface area contributed by atoms with Crippen molar-refractivity contribution in [2.45, 2.75) is 0 Å². The van der Waals surface area contributed by atoms with Gasteiger partial charge in [-0.1, -0.05) is 0 Å². The number of hydrogen-bond donors (Lipinski definition) is 0. The first-order valence-electron chi connectivity index (χ1n) is 3.13. The molecule has 0 aliphatic rings. The van der Waals surface area contributed by atoms with Crippen LogP contribution in [0.3, 0.4) is 0 Å². The third kappa shape index (κ3) is 1.10. The molecule has 54 valence electrons. The number of nitrogens with zero attached hydrogens (tertiary/aromatic N) is 3. The SMILES string of the molecule is c1cc(-c2nnco2)ccn1. The Hall–Kier alpha value is -1.71. The highest BCUT2D eigenvalue weighted by molar-refractivity contribution is 5.50. The summed E-state index contributed by atoms with van der Waals surface area (Å²) in [5.41, 5.74) is 0.887. The smallest absolute Gasteiger partial charge is 0.247 e. The molecule has 0 spiro atoms. The lowest BCUT2D eigenvalue weighted by molar-refractivity contribution is 0.568. The summed E-state index contributed by atoms with van der Waals surface area (Å²) < 4.78 is 4.97. The van der Waals surface area contributed by atoms with E-state index in [1.807, 2.05) is 12.1 Å². The van der Waals surface area contributed by atoms with Gasteiger partial charge in [-0.05, 0) is 12.1 Å². The summed E-state index contributed by atoms with van der Waals surface area (Å²) in [7, 11) is 0. The molecule has 2 rings (SSSR count). The van der Waals surface area contributed by atoms with Crippen LogP contribution in [0.15, 0.2) is 35.3 Å². The van der Waals surface area contributed by atoms with Crippen LogP contribution in [0, 0.1) is 0 Å². The second-order valence-corrected chi connectivity index (χ2v) is 1.98. The van der Waals surface area contributed by atoms with Gasteiger partial charge in [-0.3, -0.25) is 4.98 Å². The van der Waals surface area contributed by atoms with E-state index in [1.54, 1.807) is 12.4 Å². The van der Waals surface area contributed by atoms with Crippen molar-refractivity contribution in [1.82, 2.24) is 15.2 Å². The van der Waals surface area contributed by atoms with E-state index in [2.05, 4.69) is 15.2 Å². The molecule has 2 heterocycles. The first-order chi connectivity index (χ1) is 5.47. The summed E-state index contributed by atoms with van der Waals surface area (Å²) in [6.07, 6.45) is 4.66. The maximum Gasteiger partial charge on any atom is 0.247 e. The largest absolute Gasteiger partial charge is 0.423 e. The molecular formula is C7H5N3O. The van der Waals surface area contributed by atoms with E-state index in [4.69, 9.17) is 4.42 Å². The molecule has 0 atom stereocenters. The standard InChI is InChI=1S/C7H5N3O/c1-3-8-4-2-6(1)7-10-9-5-11-7/h1-5H. The van der Waals surface area contributed by atoms with Gasteiger partial charge in [0.05, 0.1) is 0 Å². The lowest BCUT2D eigenvalue weighted by Gasteiger charge is -1.89. The average Bonchev–Trinajstić information content (AvgIpc) is 2.58. The van der Waals surface area contributed by atoms with Gasteiger partial charge in [0.1, 0.15) is 0 Å². The fourth-order valence-electron chi connectivity index (χ4n) is 0.793. The minimum Gasteiger partial charge on any atom is -0.423 e. The van der Waals surface area contributed by atoms with Crippen LogP contribution in [0.1, 0.15) is 0 Å². The van der Waals surface area contributed by atoms with Crippen LogP contribution >= 0.6 is 0 Å². The molecule has 11 heavy (non-hydrogen) atoms. The van der Waals surface area contributed by atoms with Crippen molar-refractivity contribution in [1.29, 1.82) is 0 Å². The zero-order valence-corrected chi connectivity index (χ0v) is 5.64. The first-order valence-corrected chi connectivity index (χ1v) is 3.13. The van der Waals surface area contributed by atoms with Crippen molar-refractivity contribution < 1.29 is 4.42 Å². The molecule has 4 heteroatoms. The van der Waals surface area contributed by atoms with Crippen LogP contribution in [0.4, 0.5) is 0 Å². The fourth-order valence-corrected chi connectivity index (χ4v) is 0.793. The highest BCUT2D eigenvalue weighted by atomic mass is 16.4. The van der Waals surface area contributed by atoms with Crippen LogP contribution in [0.25, 0.3) is 11.5 Å². The van der Waals surface area contributed by atoms with E-state index in [0.29, 0.717) is 5.89 Å². The minimum atomic E-state index is 0.521. The molecule has 0 fully saturated rings. The van der Waals surface area contributed by atoms with E-state index >= 15 is 0 Å². The summed E-state index contributed by atoms with van der Waals surface area (Å²) in [6, 6.07) is 3.63. The molecule has 0 N–H and O–H groups in total. The number of pyridine rings is 1. The molecule has 0 radical (unpaired) electrons. The molecule has 0 amide bonds. The highest BCUT2D eigenvalue weighted by Crippen LogP contribution is 2.12. The normalized spacial score (nSPS) is 9.82. The number of aromatic nitrogens is 3. The molecule has 4 nitrogen and oxygen atoms in total. The Morgan fingerprint density at radius 1 is 1.18 bits per heavy atom. The molecule has 0 aliphatic heterocycles. The Morgan fingerprint density at radius 2 is 2.00 bits per heavy atom. The quantitative estimate of drug-likeness (QED) is 0.606. The van der Waals surface area contributed by atoms with E-state index in [0.717, 1.165) is 5.56 Å².